The molecule has 1 heterocycles. The van der Waals surface area contributed by atoms with Crippen molar-refractivity contribution in [3.63, 3.8) is 0 Å². The molecule has 1 rings (SSSR count). The van der Waals surface area contributed by atoms with Crippen molar-refractivity contribution < 1.29 is 5.11 Å². The smallest absolute Gasteiger partial charge is 0.0665 e. The van der Waals surface area contributed by atoms with Crippen LogP contribution in [0.2, 0.25) is 0 Å². The van der Waals surface area contributed by atoms with Crippen molar-refractivity contribution in [1.29, 1.82) is 0 Å². The number of piperidine rings is 1. The molecule has 0 spiro atoms. The highest BCUT2D eigenvalue weighted by Gasteiger charge is 2.16. The molecule has 1 aliphatic heterocycles. The van der Waals surface area contributed by atoms with Crippen LogP contribution in [0, 0.1) is 0 Å². The minimum absolute atomic E-state index is 0.0897. The van der Waals surface area contributed by atoms with Crippen molar-refractivity contribution in [3.8, 4) is 0 Å². The van der Waals surface area contributed by atoms with Gasteiger partial charge in [0.2, 0.25) is 0 Å². The largest absolute Gasteiger partial charge is 0.392 e. The van der Waals surface area contributed by atoms with Gasteiger partial charge in [-0.25, -0.2) is 0 Å². The first kappa shape index (κ1) is 8.02. The average Bonchev–Trinajstić information content (AvgIpc) is 1.95. The number of aliphatic hydroxyl groups is 1. The first-order valence-electron chi connectivity index (χ1n) is 4.24. The van der Waals surface area contributed by atoms with E-state index in [1.807, 2.05) is 0 Å². The standard InChI is InChI=1S/C8H17NO/c1-2-3-7-4-5-8(10)6-9-7/h7-10H,2-6H2,1H3/t7-,8-/m1/s1. The van der Waals surface area contributed by atoms with Crippen LogP contribution in [0.3, 0.4) is 0 Å². The molecule has 0 amide bonds. The fraction of sp³-hybridized carbons (Fsp3) is 1.00. The van der Waals surface area contributed by atoms with Crippen molar-refractivity contribution in [2.45, 2.75) is 44.8 Å². The monoisotopic (exact) mass is 143 g/mol. The van der Waals surface area contributed by atoms with Crippen LogP contribution in [-0.2, 0) is 0 Å². The first-order chi connectivity index (χ1) is 4.83. The normalized spacial score (nSPS) is 34.2. The summed E-state index contributed by atoms with van der Waals surface area (Å²) in [6, 6.07) is 0.674. The summed E-state index contributed by atoms with van der Waals surface area (Å²) in [7, 11) is 0. The van der Waals surface area contributed by atoms with E-state index in [9.17, 15) is 0 Å². The zero-order valence-electron chi connectivity index (χ0n) is 6.64. The van der Waals surface area contributed by atoms with Crippen LogP contribution in [0.1, 0.15) is 32.6 Å². The molecule has 60 valence electrons. The maximum Gasteiger partial charge on any atom is 0.0665 e. The summed E-state index contributed by atoms with van der Waals surface area (Å²) >= 11 is 0. The van der Waals surface area contributed by atoms with Crippen LogP contribution in [0.4, 0.5) is 0 Å². The zero-order valence-corrected chi connectivity index (χ0v) is 6.64. The molecule has 0 saturated carbocycles. The van der Waals surface area contributed by atoms with E-state index in [2.05, 4.69) is 12.2 Å². The quantitative estimate of drug-likeness (QED) is 0.602. The van der Waals surface area contributed by atoms with E-state index in [-0.39, 0.29) is 6.10 Å². The first-order valence-corrected chi connectivity index (χ1v) is 4.24. The molecule has 0 aromatic rings. The highest BCUT2D eigenvalue weighted by molar-refractivity contribution is 4.76. The van der Waals surface area contributed by atoms with E-state index in [1.54, 1.807) is 0 Å². The van der Waals surface area contributed by atoms with Gasteiger partial charge in [-0.15, -0.1) is 0 Å². The summed E-state index contributed by atoms with van der Waals surface area (Å²) in [5, 5.41) is 12.5. The molecule has 0 aromatic carbocycles. The van der Waals surface area contributed by atoms with Crippen LogP contribution >= 0.6 is 0 Å². The third-order valence-corrected chi connectivity index (χ3v) is 2.13. The van der Waals surface area contributed by atoms with Crippen LogP contribution < -0.4 is 5.32 Å². The van der Waals surface area contributed by atoms with Crippen molar-refractivity contribution in [1.82, 2.24) is 5.32 Å². The van der Waals surface area contributed by atoms with Crippen molar-refractivity contribution >= 4 is 0 Å². The number of rotatable bonds is 2. The van der Waals surface area contributed by atoms with Gasteiger partial charge in [-0.2, -0.15) is 0 Å². The molecule has 0 aliphatic carbocycles. The number of hydrogen-bond acceptors (Lipinski definition) is 2. The molecule has 1 saturated heterocycles. The van der Waals surface area contributed by atoms with Crippen molar-refractivity contribution in [2.75, 3.05) is 6.54 Å². The molecule has 2 atom stereocenters. The Hall–Kier alpha value is -0.0800. The van der Waals surface area contributed by atoms with Crippen LogP contribution in [-0.4, -0.2) is 23.8 Å². The van der Waals surface area contributed by atoms with E-state index in [0.29, 0.717) is 6.04 Å². The van der Waals surface area contributed by atoms with Gasteiger partial charge in [0.15, 0.2) is 0 Å². The molecule has 2 N–H and O–H groups in total. The van der Waals surface area contributed by atoms with E-state index < -0.39 is 0 Å². The van der Waals surface area contributed by atoms with Gasteiger partial charge in [0.25, 0.3) is 0 Å². The van der Waals surface area contributed by atoms with Gasteiger partial charge in [-0.1, -0.05) is 13.3 Å². The Kier molecular flexibility index (Phi) is 3.16. The predicted octanol–water partition coefficient (Wildman–Crippen LogP) is 0.899. The molecule has 1 fully saturated rings. The Morgan fingerprint density at radius 1 is 1.50 bits per heavy atom. The van der Waals surface area contributed by atoms with Crippen LogP contribution in [0.25, 0.3) is 0 Å². The SMILES string of the molecule is CCC[C@@H]1CC[C@@H](O)CN1. The summed E-state index contributed by atoms with van der Waals surface area (Å²) in [4.78, 5) is 0. The molecule has 0 radical (unpaired) electrons. The van der Waals surface area contributed by atoms with Gasteiger partial charge in [-0.05, 0) is 19.3 Å². The van der Waals surface area contributed by atoms with Crippen molar-refractivity contribution in [2.24, 2.45) is 0 Å². The highest BCUT2D eigenvalue weighted by atomic mass is 16.3. The number of nitrogens with one attached hydrogen (secondary N) is 1. The second-order valence-electron chi connectivity index (χ2n) is 3.13. The summed E-state index contributed by atoms with van der Waals surface area (Å²) in [5.41, 5.74) is 0. The van der Waals surface area contributed by atoms with Gasteiger partial charge in [0, 0.05) is 12.6 Å². The Bertz CT molecular complexity index is 87.3. The third-order valence-electron chi connectivity index (χ3n) is 2.13. The minimum atomic E-state index is -0.0897. The fourth-order valence-corrected chi connectivity index (χ4v) is 1.50. The Morgan fingerprint density at radius 2 is 2.30 bits per heavy atom. The number of hydrogen-bond donors (Lipinski definition) is 2. The molecular weight excluding hydrogens is 126 g/mol. The van der Waals surface area contributed by atoms with Gasteiger partial charge in [0.05, 0.1) is 6.10 Å². The van der Waals surface area contributed by atoms with Gasteiger partial charge in [0.1, 0.15) is 0 Å². The maximum atomic E-state index is 9.13. The summed E-state index contributed by atoms with van der Waals surface area (Å²) < 4.78 is 0. The topological polar surface area (TPSA) is 32.3 Å². The zero-order chi connectivity index (χ0) is 7.40. The lowest BCUT2D eigenvalue weighted by Gasteiger charge is -2.26. The summed E-state index contributed by atoms with van der Waals surface area (Å²) in [5.74, 6) is 0. The fourth-order valence-electron chi connectivity index (χ4n) is 1.50. The molecular formula is C8H17NO. The predicted molar refractivity (Wildman–Crippen MR) is 41.9 cm³/mol. The van der Waals surface area contributed by atoms with E-state index in [4.69, 9.17) is 5.11 Å². The van der Waals surface area contributed by atoms with E-state index >= 15 is 0 Å². The molecule has 0 unspecified atom stereocenters. The second-order valence-corrected chi connectivity index (χ2v) is 3.13. The number of β-amino-alcohol motifs (C(OH)–C–C–N with tert-alkyl or cyclic N) is 1. The summed E-state index contributed by atoms with van der Waals surface area (Å²) in [6.45, 7) is 3.00. The summed E-state index contributed by atoms with van der Waals surface area (Å²) in [6.07, 6.45) is 4.54. The molecule has 2 nitrogen and oxygen atoms in total. The number of aliphatic hydroxyl groups excluding tert-OH is 1. The van der Waals surface area contributed by atoms with Crippen LogP contribution in [0.5, 0.6) is 0 Å². The molecule has 2 heteroatoms. The highest BCUT2D eigenvalue weighted by Crippen LogP contribution is 2.11. The molecule has 1 aliphatic rings. The Labute approximate surface area is 62.6 Å². The Morgan fingerprint density at radius 3 is 2.80 bits per heavy atom. The van der Waals surface area contributed by atoms with Crippen molar-refractivity contribution in [3.05, 3.63) is 0 Å². The van der Waals surface area contributed by atoms with E-state index in [1.165, 1.54) is 12.8 Å². The van der Waals surface area contributed by atoms with Crippen LogP contribution in [0.15, 0.2) is 0 Å². The van der Waals surface area contributed by atoms with Gasteiger partial charge >= 0.3 is 0 Å². The Balaban J connectivity index is 2.13. The third kappa shape index (κ3) is 2.27. The lowest BCUT2D eigenvalue weighted by molar-refractivity contribution is 0.124. The second kappa shape index (κ2) is 3.94. The minimum Gasteiger partial charge on any atom is -0.392 e. The molecule has 0 bridgehead atoms. The molecule has 0 aromatic heterocycles. The van der Waals surface area contributed by atoms with Gasteiger partial charge < -0.3 is 10.4 Å². The average molecular weight is 143 g/mol. The lowest BCUT2D eigenvalue weighted by atomic mass is 9.99. The molecule has 10 heavy (non-hydrogen) atoms. The van der Waals surface area contributed by atoms with Gasteiger partial charge in [-0.3, -0.25) is 0 Å². The lowest BCUT2D eigenvalue weighted by Crippen LogP contribution is -2.41. The van der Waals surface area contributed by atoms with E-state index in [0.717, 1.165) is 19.4 Å². The maximum absolute atomic E-state index is 9.13.